The number of thiazole rings is 1. The van der Waals surface area contributed by atoms with Gasteiger partial charge in [0, 0.05) is 29.3 Å². The summed E-state index contributed by atoms with van der Waals surface area (Å²) in [6.45, 7) is 4.51. The Bertz CT molecular complexity index is 824. The Morgan fingerprint density at radius 1 is 1.44 bits per heavy atom. The molecule has 2 aromatic rings. The zero-order valence-electron chi connectivity index (χ0n) is 15.2. The van der Waals surface area contributed by atoms with E-state index in [2.05, 4.69) is 29.5 Å². The number of amides is 2. The van der Waals surface area contributed by atoms with Gasteiger partial charge in [0.15, 0.2) is 6.10 Å². The van der Waals surface area contributed by atoms with Crippen LogP contribution >= 0.6 is 22.9 Å². The summed E-state index contributed by atoms with van der Waals surface area (Å²) in [5.41, 5.74) is 1.62. The highest BCUT2D eigenvalue weighted by atomic mass is 35.5. The Morgan fingerprint density at radius 3 is 2.93 bits per heavy atom. The van der Waals surface area contributed by atoms with Gasteiger partial charge in [-0.15, -0.1) is 11.3 Å². The van der Waals surface area contributed by atoms with Crippen molar-refractivity contribution in [3.05, 3.63) is 50.9 Å². The van der Waals surface area contributed by atoms with Crippen LogP contribution in [0.4, 0.5) is 0 Å². The fourth-order valence-corrected chi connectivity index (χ4v) is 3.99. The monoisotopic (exact) mass is 407 g/mol. The SMILES string of the molecule is CC(C)c1nc(CCNC(=O)[C@H]2OCC(=O)N[C@@H]2c2ccccc2Cl)cs1. The number of carbonyl (C=O) groups excluding carboxylic acids is 2. The van der Waals surface area contributed by atoms with Crippen LogP contribution in [0.15, 0.2) is 29.6 Å². The van der Waals surface area contributed by atoms with E-state index < -0.39 is 12.1 Å². The molecule has 1 aliphatic rings. The van der Waals surface area contributed by atoms with Crippen LogP contribution in [0, 0.1) is 0 Å². The maximum atomic E-state index is 12.7. The number of hydrogen-bond donors (Lipinski definition) is 2. The predicted octanol–water partition coefficient (Wildman–Crippen LogP) is 2.83. The third-order valence-corrected chi connectivity index (χ3v) is 5.79. The van der Waals surface area contributed by atoms with Gasteiger partial charge < -0.3 is 15.4 Å². The van der Waals surface area contributed by atoms with Crippen molar-refractivity contribution in [3.8, 4) is 0 Å². The van der Waals surface area contributed by atoms with E-state index in [-0.39, 0.29) is 18.4 Å². The number of ether oxygens (including phenoxy) is 1. The zero-order valence-corrected chi connectivity index (χ0v) is 16.8. The Balaban J connectivity index is 1.63. The molecule has 2 N–H and O–H groups in total. The van der Waals surface area contributed by atoms with Gasteiger partial charge in [0.1, 0.15) is 6.61 Å². The second-order valence-corrected chi connectivity index (χ2v) is 7.97. The molecule has 0 unspecified atom stereocenters. The Labute approximate surface area is 167 Å². The molecule has 2 amide bonds. The van der Waals surface area contributed by atoms with Crippen LogP contribution in [-0.2, 0) is 20.7 Å². The van der Waals surface area contributed by atoms with Gasteiger partial charge in [-0.1, -0.05) is 43.6 Å². The lowest BCUT2D eigenvalue weighted by Gasteiger charge is -2.32. The molecule has 1 fully saturated rings. The highest BCUT2D eigenvalue weighted by molar-refractivity contribution is 7.09. The summed E-state index contributed by atoms with van der Waals surface area (Å²) in [5.74, 6) is -0.152. The van der Waals surface area contributed by atoms with E-state index in [1.54, 1.807) is 29.5 Å². The number of morpholine rings is 1. The second kappa shape index (κ2) is 8.82. The summed E-state index contributed by atoms with van der Waals surface area (Å²) in [4.78, 5) is 29.0. The minimum atomic E-state index is -0.829. The maximum absolute atomic E-state index is 12.7. The van der Waals surface area contributed by atoms with Crippen molar-refractivity contribution >= 4 is 34.8 Å². The van der Waals surface area contributed by atoms with Gasteiger partial charge in [-0.25, -0.2) is 4.98 Å². The van der Waals surface area contributed by atoms with E-state index in [1.165, 1.54) is 0 Å². The first-order chi connectivity index (χ1) is 13.0. The molecule has 8 heteroatoms. The highest BCUT2D eigenvalue weighted by Crippen LogP contribution is 2.28. The summed E-state index contributed by atoms with van der Waals surface area (Å²) in [7, 11) is 0. The summed E-state index contributed by atoms with van der Waals surface area (Å²) < 4.78 is 5.52. The third-order valence-electron chi connectivity index (χ3n) is 4.26. The lowest BCUT2D eigenvalue weighted by molar-refractivity contribution is -0.148. The zero-order chi connectivity index (χ0) is 19.4. The molecule has 1 aromatic carbocycles. The molecule has 144 valence electrons. The largest absolute Gasteiger partial charge is 0.356 e. The fraction of sp³-hybridized carbons (Fsp3) is 0.421. The molecule has 0 spiro atoms. The molecule has 1 aliphatic heterocycles. The average molecular weight is 408 g/mol. The van der Waals surface area contributed by atoms with Crippen LogP contribution in [0.5, 0.6) is 0 Å². The van der Waals surface area contributed by atoms with E-state index in [4.69, 9.17) is 16.3 Å². The molecular weight excluding hydrogens is 386 g/mol. The van der Waals surface area contributed by atoms with E-state index in [0.717, 1.165) is 10.7 Å². The van der Waals surface area contributed by atoms with Gasteiger partial charge in [-0.05, 0) is 11.6 Å². The molecule has 2 heterocycles. The molecule has 3 rings (SSSR count). The first-order valence-electron chi connectivity index (χ1n) is 8.83. The number of nitrogens with one attached hydrogen (secondary N) is 2. The second-order valence-electron chi connectivity index (χ2n) is 6.67. The summed E-state index contributed by atoms with van der Waals surface area (Å²) in [6.07, 6.45) is -0.186. The van der Waals surface area contributed by atoms with Crippen molar-refractivity contribution in [1.82, 2.24) is 15.6 Å². The topological polar surface area (TPSA) is 80.3 Å². The van der Waals surface area contributed by atoms with Crippen LogP contribution < -0.4 is 10.6 Å². The molecule has 1 aromatic heterocycles. The Morgan fingerprint density at radius 2 is 2.22 bits per heavy atom. The number of carbonyl (C=O) groups is 2. The van der Waals surface area contributed by atoms with Crippen LogP contribution in [0.3, 0.4) is 0 Å². The quantitative estimate of drug-likeness (QED) is 0.771. The van der Waals surface area contributed by atoms with Gasteiger partial charge in [-0.3, -0.25) is 9.59 Å². The minimum Gasteiger partial charge on any atom is -0.356 e. The lowest BCUT2D eigenvalue weighted by atomic mass is 9.99. The van der Waals surface area contributed by atoms with Gasteiger partial charge in [0.05, 0.1) is 16.7 Å². The van der Waals surface area contributed by atoms with Gasteiger partial charge in [0.25, 0.3) is 5.91 Å². The van der Waals surface area contributed by atoms with Gasteiger partial charge >= 0.3 is 0 Å². The summed E-state index contributed by atoms with van der Waals surface area (Å²) in [5, 5.41) is 9.28. The summed E-state index contributed by atoms with van der Waals surface area (Å²) >= 11 is 7.88. The molecule has 27 heavy (non-hydrogen) atoms. The maximum Gasteiger partial charge on any atom is 0.251 e. The molecule has 0 aliphatic carbocycles. The van der Waals surface area contributed by atoms with Crippen molar-refractivity contribution in [1.29, 1.82) is 0 Å². The molecule has 0 radical (unpaired) electrons. The van der Waals surface area contributed by atoms with Gasteiger partial charge in [0.2, 0.25) is 5.91 Å². The Hall–Kier alpha value is -1.96. The smallest absolute Gasteiger partial charge is 0.251 e. The minimum absolute atomic E-state index is 0.150. The summed E-state index contributed by atoms with van der Waals surface area (Å²) in [6, 6.07) is 6.50. The number of benzene rings is 1. The first kappa shape index (κ1) is 19.8. The van der Waals surface area contributed by atoms with E-state index in [9.17, 15) is 9.59 Å². The number of halogens is 1. The third kappa shape index (κ3) is 4.86. The normalized spacial score (nSPS) is 19.8. The molecule has 6 nitrogen and oxygen atoms in total. The van der Waals surface area contributed by atoms with Crippen molar-refractivity contribution < 1.29 is 14.3 Å². The van der Waals surface area contributed by atoms with Crippen molar-refractivity contribution in [3.63, 3.8) is 0 Å². The Kier molecular flexibility index (Phi) is 6.46. The van der Waals surface area contributed by atoms with E-state index >= 15 is 0 Å². The lowest BCUT2D eigenvalue weighted by Crippen LogP contribution is -2.52. The highest BCUT2D eigenvalue weighted by Gasteiger charge is 2.36. The first-order valence-corrected chi connectivity index (χ1v) is 10.1. The van der Waals surface area contributed by atoms with Crippen LogP contribution in [0.2, 0.25) is 5.02 Å². The number of nitrogens with zero attached hydrogens (tertiary/aromatic N) is 1. The standard InChI is InChI=1S/C19H22ClN3O3S/c1-11(2)19-22-12(10-27-19)7-8-21-18(25)17-16(23-15(24)9-26-17)13-5-3-4-6-14(13)20/h3-6,10-11,16-17H,7-9H2,1-2H3,(H,21,25)(H,23,24)/t16-,17+/m1/s1. The van der Waals surface area contributed by atoms with Crippen LogP contribution in [-0.4, -0.2) is 36.1 Å². The van der Waals surface area contributed by atoms with Crippen LogP contribution in [0.25, 0.3) is 0 Å². The van der Waals surface area contributed by atoms with Crippen molar-refractivity contribution in [2.75, 3.05) is 13.2 Å². The van der Waals surface area contributed by atoms with Crippen LogP contribution in [0.1, 0.15) is 42.1 Å². The average Bonchev–Trinajstić information content (AvgIpc) is 3.11. The number of rotatable bonds is 6. The fourth-order valence-electron chi connectivity index (χ4n) is 2.86. The number of aromatic nitrogens is 1. The van der Waals surface area contributed by atoms with Crippen molar-refractivity contribution in [2.45, 2.75) is 38.3 Å². The molecule has 0 saturated carbocycles. The molecular formula is C19H22ClN3O3S. The number of hydrogen-bond acceptors (Lipinski definition) is 5. The van der Waals surface area contributed by atoms with Gasteiger partial charge in [-0.2, -0.15) is 0 Å². The molecule has 1 saturated heterocycles. The molecule has 2 atom stereocenters. The van der Waals surface area contributed by atoms with E-state index in [1.807, 2.05) is 11.4 Å². The van der Waals surface area contributed by atoms with Crippen molar-refractivity contribution in [2.24, 2.45) is 0 Å². The molecule has 0 bridgehead atoms. The predicted molar refractivity (Wildman–Crippen MR) is 105 cm³/mol. The van der Waals surface area contributed by atoms with E-state index in [0.29, 0.717) is 29.5 Å².